The zero-order valence-corrected chi connectivity index (χ0v) is 20.4. The van der Waals surface area contributed by atoms with Crippen molar-refractivity contribution in [1.29, 1.82) is 0 Å². The van der Waals surface area contributed by atoms with Crippen molar-refractivity contribution in [1.82, 2.24) is 4.98 Å². The minimum Gasteiger partial charge on any atom is -0.493 e. The van der Waals surface area contributed by atoms with Crippen LogP contribution >= 0.6 is 0 Å². The Bertz CT molecular complexity index is 1130. The number of hydrogen-bond donors (Lipinski definition) is 2. The maximum atomic E-state index is 14.5. The second-order valence-electron chi connectivity index (χ2n) is 9.21. The molecule has 1 amide bonds. The van der Waals surface area contributed by atoms with E-state index in [1.165, 1.54) is 32.4 Å². The lowest BCUT2D eigenvalue weighted by molar-refractivity contribution is -0.272. The van der Waals surface area contributed by atoms with Crippen molar-refractivity contribution in [2.24, 2.45) is 11.7 Å². The van der Waals surface area contributed by atoms with E-state index in [4.69, 9.17) is 19.9 Å². The van der Waals surface area contributed by atoms with Crippen molar-refractivity contribution >= 4 is 11.6 Å². The lowest BCUT2D eigenvalue weighted by Crippen LogP contribution is -2.47. The summed E-state index contributed by atoms with van der Waals surface area (Å²) in [5, 5.41) is 2.54. The van der Waals surface area contributed by atoms with Gasteiger partial charge in [0.1, 0.15) is 6.10 Å². The highest BCUT2D eigenvalue weighted by Crippen LogP contribution is 2.55. The number of carbonyl (C=O) groups excluding carboxylic acids is 1. The number of amides is 1. The second kappa shape index (κ2) is 9.91. The van der Waals surface area contributed by atoms with Crippen molar-refractivity contribution < 1.29 is 41.0 Å². The molecular weight excluding hydrogens is 489 g/mol. The molecule has 3 rings (SSSR count). The first-order chi connectivity index (χ1) is 16.7. The fourth-order valence-electron chi connectivity index (χ4n) is 4.45. The van der Waals surface area contributed by atoms with Crippen LogP contribution in [0.3, 0.4) is 0 Å². The number of hydrogen-bond acceptors (Lipinski definition) is 6. The molecule has 0 bridgehead atoms. The molecule has 0 saturated carbocycles. The zero-order chi connectivity index (χ0) is 27.1. The summed E-state index contributed by atoms with van der Waals surface area (Å²) in [6, 6.07) is 4.76. The molecule has 12 heteroatoms. The summed E-state index contributed by atoms with van der Waals surface area (Å²) < 4.78 is 86.0. The molecule has 0 unspecified atom stereocenters. The SMILES string of the molecule is COC[C@@](C)(N)c1cc(NC(=O)[C@@H]2O[C@@](C)(C(F)(F)F)[C@@H](C)[C@H]2c2ccc(F)c(F)c2OC)ccn1. The number of pyridine rings is 1. The zero-order valence-electron chi connectivity index (χ0n) is 20.4. The van der Waals surface area contributed by atoms with Crippen LogP contribution in [-0.4, -0.2) is 49.6 Å². The van der Waals surface area contributed by atoms with Gasteiger partial charge in [0.25, 0.3) is 5.91 Å². The molecular formula is C24H28F5N3O4. The van der Waals surface area contributed by atoms with Gasteiger partial charge in [0.05, 0.1) is 24.9 Å². The molecule has 1 aliphatic heterocycles. The number of benzene rings is 1. The van der Waals surface area contributed by atoms with Crippen LogP contribution in [0.5, 0.6) is 5.75 Å². The van der Waals surface area contributed by atoms with Crippen LogP contribution in [0.25, 0.3) is 0 Å². The highest BCUT2D eigenvalue weighted by molar-refractivity contribution is 5.95. The van der Waals surface area contributed by atoms with E-state index in [1.54, 1.807) is 6.92 Å². The molecule has 2 heterocycles. The lowest BCUT2D eigenvalue weighted by Gasteiger charge is -2.32. The molecule has 3 N–H and O–H groups in total. The summed E-state index contributed by atoms with van der Waals surface area (Å²) >= 11 is 0. The van der Waals surface area contributed by atoms with Gasteiger partial charge in [0.15, 0.2) is 17.2 Å². The molecule has 0 radical (unpaired) electrons. The van der Waals surface area contributed by atoms with E-state index in [0.717, 1.165) is 26.2 Å². The Kier molecular flexibility index (Phi) is 7.64. The molecule has 1 aromatic heterocycles. The highest BCUT2D eigenvalue weighted by Gasteiger charge is 2.65. The molecule has 0 aliphatic carbocycles. The summed E-state index contributed by atoms with van der Waals surface area (Å²) in [6.07, 6.45) is -5.21. The number of aromatic nitrogens is 1. The number of anilines is 1. The van der Waals surface area contributed by atoms with Crippen molar-refractivity contribution in [3.8, 4) is 5.75 Å². The third-order valence-electron chi connectivity index (χ3n) is 6.63. The van der Waals surface area contributed by atoms with Gasteiger partial charge in [-0.25, -0.2) is 4.39 Å². The summed E-state index contributed by atoms with van der Waals surface area (Å²) in [7, 11) is 2.52. The molecule has 1 aliphatic rings. The van der Waals surface area contributed by atoms with Gasteiger partial charge >= 0.3 is 6.18 Å². The number of carbonyl (C=O) groups is 1. The molecule has 1 fully saturated rings. The van der Waals surface area contributed by atoms with Gasteiger partial charge in [-0.3, -0.25) is 9.78 Å². The van der Waals surface area contributed by atoms with Crippen molar-refractivity contribution in [3.05, 3.63) is 53.4 Å². The van der Waals surface area contributed by atoms with Gasteiger partial charge in [-0.1, -0.05) is 13.0 Å². The van der Waals surface area contributed by atoms with Crippen LogP contribution in [0, 0.1) is 17.6 Å². The average molecular weight is 517 g/mol. The normalized spacial score (nSPS) is 25.9. The van der Waals surface area contributed by atoms with Gasteiger partial charge in [0.2, 0.25) is 5.82 Å². The van der Waals surface area contributed by atoms with E-state index in [0.29, 0.717) is 5.69 Å². The number of nitrogens with zero attached hydrogens (tertiary/aromatic N) is 1. The number of nitrogens with one attached hydrogen (secondary N) is 1. The van der Waals surface area contributed by atoms with Crippen LogP contribution in [0.2, 0.25) is 0 Å². The fraction of sp³-hybridized carbons (Fsp3) is 0.500. The van der Waals surface area contributed by atoms with Gasteiger partial charge in [-0.15, -0.1) is 0 Å². The second-order valence-corrected chi connectivity index (χ2v) is 9.21. The quantitative estimate of drug-likeness (QED) is 0.533. The smallest absolute Gasteiger partial charge is 0.417 e. The van der Waals surface area contributed by atoms with E-state index in [2.05, 4.69) is 10.3 Å². The molecule has 1 aromatic carbocycles. The first kappa shape index (κ1) is 27.8. The Morgan fingerprint density at radius 3 is 2.50 bits per heavy atom. The van der Waals surface area contributed by atoms with E-state index >= 15 is 0 Å². The summed E-state index contributed by atoms with van der Waals surface area (Å²) in [4.78, 5) is 17.5. The molecule has 1 saturated heterocycles. The third kappa shape index (κ3) is 4.89. The van der Waals surface area contributed by atoms with Crippen LogP contribution in [0.1, 0.15) is 37.9 Å². The van der Waals surface area contributed by atoms with Crippen molar-refractivity contribution in [2.75, 3.05) is 26.1 Å². The Morgan fingerprint density at radius 1 is 1.25 bits per heavy atom. The lowest BCUT2D eigenvalue weighted by atomic mass is 9.77. The van der Waals surface area contributed by atoms with Crippen LogP contribution in [0.4, 0.5) is 27.6 Å². The minimum atomic E-state index is -4.86. The molecule has 198 valence electrons. The first-order valence-corrected chi connectivity index (χ1v) is 11.0. The minimum absolute atomic E-state index is 0.114. The molecule has 36 heavy (non-hydrogen) atoms. The van der Waals surface area contributed by atoms with Gasteiger partial charge < -0.3 is 25.3 Å². The Morgan fingerprint density at radius 2 is 1.92 bits per heavy atom. The van der Waals surface area contributed by atoms with Crippen molar-refractivity contribution in [3.63, 3.8) is 0 Å². The number of methoxy groups -OCH3 is 2. The van der Waals surface area contributed by atoms with Crippen molar-refractivity contribution in [2.45, 2.75) is 50.1 Å². The standard InChI is InChI=1S/C24H28F5N3O4/c1-12-17(14-6-7-15(25)18(26)19(14)35-5)20(36-23(12,3)24(27,28)29)21(33)32-13-8-9-31-16(10-13)22(2,30)11-34-4/h6-10,12,17,20H,11,30H2,1-5H3,(H,31,32,33)/t12-,17-,20+,22+,23+/m0/s1. The van der Waals surface area contributed by atoms with Crippen LogP contribution < -0.4 is 15.8 Å². The molecule has 7 nitrogen and oxygen atoms in total. The Labute approximate surface area is 205 Å². The van der Waals surface area contributed by atoms with Gasteiger partial charge in [-0.05, 0) is 32.0 Å². The average Bonchev–Trinajstić information content (AvgIpc) is 3.07. The van der Waals surface area contributed by atoms with Crippen LogP contribution in [-0.2, 0) is 19.8 Å². The van der Waals surface area contributed by atoms with E-state index in [9.17, 15) is 26.7 Å². The van der Waals surface area contributed by atoms with Crippen LogP contribution in [0.15, 0.2) is 30.5 Å². The predicted molar refractivity (Wildman–Crippen MR) is 120 cm³/mol. The summed E-state index contributed by atoms with van der Waals surface area (Å²) in [5.41, 5.74) is 2.87. The van der Waals surface area contributed by atoms with E-state index in [-0.39, 0.29) is 17.9 Å². The predicted octanol–water partition coefficient (Wildman–Crippen LogP) is 4.27. The number of nitrogens with two attached hydrogens (primary N) is 1. The van der Waals surface area contributed by atoms with E-state index in [1.807, 2.05) is 0 Å². The first-order valence-electron chi connectivity index (χ1n) is 11.0. The van der Waals surface area contributed by atoms with Gasteiger partial charge in [-0.2, -0.15) is 17.6 Å². The highest BCUT2D eigenvalue weighted by atomic mass is 19.4. The number of rotatable bonds is 7. The Balaban J connectivity index is 2.04. The topological polar surface area (TPSA) is 95.7 Å². The molecule has 0 spiro atoms. The van der Waals surface area contributed by atoms with Gasteiger partial charge in [0, 0.05) is 36.4 Å². The monoisotopic (exact) mass is 517 g/mol. The number of alkyl halides is 3. The summed E-state index contributed by atoms with van der Waals surface area (Å²) in [6.45, 7) is 3.83. The fourth-order valence-corrected chi connectivity index (χ4v) is 4.45. The largest absolute Gasteiger partial charge is 0.493 e. The summed E-state index contributed by atoms with van der Waals surface area (Å²) in [5.74, 6) is -6.82. The maximum absolute atomic E-state index is 14.5. The number of halogens is 5. The maximum Gasteiger partial charge on any atom is 0.417 e. The van der Waals surface area contributed by atoms with E-state index < -0.39 is 58.5 Å². The molecule has 2 aromatic rings. The Hall–Kier alpha value is -2.83. The molecule has 5 atom stereocenters. The number of ether oxygens (including phenoxy) is 3. The third-order valence-corrected chi connectivity index (χ3v) is 6.63.